The van der Waals surface area contributed by atoms with Gasteiger partial charge in [0, 0.05) is 55.7 Å². The van der Waals surface area contributed by atoms with E-state index in [1.807, 2.05) is 33.9 Å². The second-order valence-electron chi connectivity index (χ2n) is 11.9. The number of fused-ring (bicyclic) bond motifs is 3. The number of benzene rings is 1. The molecule has 5 rings (SSSR count). The van der Waals surface area contributed by atoms with E-state index in [0.29, 0.717) is 19.7 Å². The van der Waals surface area contributed by atoms with Gasteiger partial charge in [0.2, 0.25) is 0 Å². The van der Waals surface area contributed by atoms with E-state index in [1.165, 1.54) is 11.1 Å². The molecule has 7 nitrogen and oxygen atoms in total. The maximum atomic E-state index is 13.9. The first-order chi connectivity index (χ1) is 18.2. The number of unbranched alkanes of at least 4 members (excludes halogenated alkanes) is 1. The van der Waals surface area contributed by atoms with Crippen molar-refractivity contribution in [2.45, 2.75) is 84.0 Å². The van der Waals surface area contributed by atoms with Crippen molar-refractivity contribution >= 4 is 28.4 Å². The molecule has 0 saturated carbocycles. The molecule has 3 aliphatic rings. The van der Waals surface area contributed by atoms with E-state index in [9.17, 15) is 9.59 Å². The van der Waals surface area contributed by atoms with Gasteiger partial charge in [0.05, 0.1) is 5.69 Å². The number of rotatable bonds is 6. The molecule has 0 N–H and O–H groups in total. The number of aryl methyl sites for hydroxylation is 1. The highest BCUT2D eigenvalue weighted by molar-refractivity contribution is 6.19. The normalized spacial score (nSPS) is 22.3. The van der Waals surface area contributed by atoms with Crippen LogP contribution in [0.4, 0.5) is 4.79 Å². The first-order valence-electron chi connectivity index (χ1n) is 14.3. The van der Waals surface area contributed by atoms with Crippen molar-refractivity contribution < 1.29 is 23.8 Å². The van der Waals surface area contributed by atoms with Gasteiger partial charge >= 0.3 is 6.09 Å². The molecule has 2 atom stereocenters. The highest BCUT2D eigenvalue weighted by Crippen LogP contribution is 2.48. The van der Waals surface area contributed by atoms with Gasteiger partial charge in [-0.15, -0.1) is 0 Å². The number of ether oxygens (including phenoxy) is 3. The Hall–Kier alpha value is -2.64. The topological polar surface area (TPSA) is 70.0 Å². The van der Waals surface area contributed by atoms with Crippen LogP contribution in [0.15, 0.2) is 29.8 Å². The summed E-state index contributed by atoms with van der Waals surface area (Å²) in [4.78, 5) is 28.4. The van der Waals surface area contributed by atoms with E-state index < -0.39 is 5.60 Å². The quantitative estimate of drug-likeness (QED) is 0.406. The molecule has 1 amide bonds. The molecule has 2 aliphatic heterocycles. The lowest BCUT2D eigenvalue weighted by Crippen LogP contribution is -2.40. The van der Waals surface area contributed by atoms with Gasteiger partial charge in [-0.2, -0.15) is 0 Å². The highest BCUT2D eigenvalue weighted by atomic mass is 16.7. The number of likely N-dealkylation sites (tertiary alicyclic amines) is 1. The molecule has 3 heterocycles. The summed E-state index contributed by atoms with van der Waals surface area (Å²) in [7, 11) is 2.01. The fraction of sp³-hybridized carbons (Fsp3) is 0.613. The molecule has 1 aliphatic carbocycles. The van der Waals surface area contributed by atoms with Crippen LogP contribution in [-0.4, -0.2) is 59.5 Å². The van der Waals surface area contributed by atoms with E-state index >= 15 is 0 Å². The van der Waals surface area contributed by atoms with Gasteiger partial charge in [-0.1, -0.05) is 30.2 Å². The van der Waals surface area contributed by atoms with Crippen LogP contribution in [0.1, 0.15) is 88.2 Å². The van der Waals surface area contributed by atoms with E-state index in [-0.39, 0.29) is 24.1 Å². The standard InChI is InChI=1S/C31H42N2O5/c1-31(2,3)38-30(35)33-17-15-21(16-18-33)26-23(12-7-9-19-36-25-14-8-10-20-37-25)29(34)28-27(26)22-11-5-6-13-24(22)32(28)4/h5-6,11,13,23,25H,7-10,12,14-20H2,1-4H3. The predicted molar refractivity (Wildman–Crippen MR) is 148 cm³/mol. The number of allylic oxidation sites excluding steroid dienone is 1. The number of nitrogens with zero attached hydrogens (tertiary/aromatic N) is 2. The minimum Gasteiger partial charge on any atom is -0.444 e. The molecule has 2 saturated heterocycles. The fourth-order valence-electron chi connectivity index (χ4n) is 6.19. The first-order valence-corrected chi connectivity index (χ1v) is 14.3. The molecular formula is C31H42N2O5. The summed E-state index contributed by atoms with van der Waals surface area (Å²) in [5.74, 6) is 0.0946. The van der Waals surface area contributed by atoms with Crippen molar-refractivity contribution in [1.82, 2.24) is 9.47 Å². The van der Waals surface area contributed by atoms with Crippen LogP contribution in [0.2, 0.25) is 0 Å². The van der Waals surface area contributed by atoms with Gasteiger partial charge in [-0.25, -0.2) is 4.79 Å². The minimum absolute atomic E-state index is 0.0691. The molecule has 38 heavy (non-hydrogen) atoms. The van der Waals surface area contributed by atoms with Crippen molar-refractivity contribution in [2.24, 2.45) is 13.0 Å². The Labute approximate surface area is 226 Å². The second-order valence-corrected chi connectivity index (χ2v) is 11.9. The van der Waals surface area contributed by atoms with Gasteiger partial charge in [0.1, 0.15) is 5.60 Å². The van der Waals surface area contributed by atoms with Crippen LogP contribution in [0.25, 0.3) is 16.5 Å². The number of carbonyl (C=O) groups is 2. The maximum absolute atomic E-state index is 13.9. The zero-order valence-electron chi connectivity index (χ0n) is 23.4. The number of ketones is 1. The Balaban J connectivity index is 1.34. The zero-order chi connectivity index (χ0) is 26.9. The molecule has 0 bridgehead atoms. The number of aromatic nitrogens is 1. The maximum Gasteiger partial charge on any atom is 0.410 e. The van der Waals surface area contributed by atoms with Gasteiger partial charge < -0.3 is 23.7 Å². The number of hydrogen-bond acceptors (Lipinski definition) is 5. The summed E-state index contributed by atoms with van der Waals surface area (Å²) >= 11 is 0. The van der Waals surface area contributed by atoms with Crippen molar-refractivity contribution in [1.29, 1.82) is 0 Å². The highest BCUT2D eigenvalue weighted by Gasteiger charge is 2.41. The summed E-state index contributed by atoms with van der Waals surface area (Å²) in [5, 5.41) is 1.15. The van der Waals surface area contributed by atoms with Crippen LogP contribution in [0.3, 0.4) is 0 Å². The van der Waals surface area contributed by atoms with E-state index in [2.05, 4.69) is 22.8 Å². The number of Topliss-reactive ketones (excluding diaryl/α,β-unsaturated/α-hetero) is 1. The Morgan fingerprint density at radius 2 is 1.87 bits per heavy atom. The Bertz CT molecular complexity index is 1200. The van der Waals surface area contributed by atoms with Gasteiger partial charge in [0.25, 0.3) is 0 Å². The molecule has 1 aromatic heterocycles. The Kier molecular flexibility index (Phi) is 7.96. The van der Waals surface area contributed by atoms with Crippen LogP contribution in [0.5, 0.6) is 0 Å². The third-order valence-electron chi connectivity index (χ3n) is 8.00. The SMILES string of the molecule is Cn1c2c(c3ccccc31)C(=C1CCN(C(=O)OC(C)(C)C)CC1)C(CCCCOC1CCCCO1)C2=O. The molecule has 7 heteroatoms. The average Bonchev–Trinajstić information content (AvgIpc) is 3.35. The van der Waals surface area contributed by atoms with Crippen LogP contribution >= 0.6 is 0 Å². The van der Waals surface area contributed by atoms with E-state index in [1.54, 1.807) is 4.90 Å². The van der Waals surface area contributed by atoms with Crippen molar-refractivity contribution in [3.8, 4) is 0 Å². The molecule has 0 radical (unpaired) electrons. The summed E-state index contributed by atoms with van der Waals surface area (Å²) in [5.41, 5.74) is 5.05. The van der Waals surface area contributed by atoms with Gasteiger partial charge in [-0.3, -0.25) is 4.79 Å². The molecule has 2 unspecified atom stereocenters. The lowest BCUT2D eigenvalue weighted by molar-refractivity contribution is -0.162. The monoisotopic (exact) mass is 522 g/mol. The number of para-hydroxylation sites is 1. The van der Waals surface area contributed by atoms with Gasteiger partial charge in [-0.05, 0) is 77.4 Å². The van der Waals surface area contributed by atoms with Crippen molar-refractivity contribution in [2.75, 3.05) is 26.3 Å². The molecule has 2 aromatic rings. The van der Waals surface area contributed by atoms with Crippen LogP contribution < -0.4 is 0 Å². The number of carbonyl (C=O) groups excluding carboxylic acids is 2. The average molecular weight is 523 g/mol. The first kappa shape index (κ1) is 26.9. The summed E-state index contributed by atoms with van der Waals surface area (Å²) < 4.78 is 19.3. The summed E-state index contributed by atoms with van der Waals surface area (Å²) in [6.45, 7) is 8.37. The minimum atomic E-state index is -0.510. The van der Waals surface area contributed by atoms with Crippen LogP contribution in [-0.2, 0) is 21.3 Å². The number of piperidine rings is 1. The third kappa shape index (κ3) is 5.55. The largest absolute Gasteiger partial charge is 0.444 e. The summed E-state index contributed by atoms with van der Waals surface area (Å²) in [6.07, 6.45) is 7.11. The Morgan fingerprint density at radius 3 is 2.58 bits per heavy atom. The number of hydrogen-bond donors (Lipinski definition) is 0. The predicted octanol–water partition coefficient (Wildman–Crippen LogP) is 6.49. The van der Waals surface area contributed by atoms with Crippen molar-refractivity contribution in [3.63, 3.8) is 0 Å². The van der Waals surface area contributed by atoms with Crippen LogP contribution in [0, 0.1) is 5.92 Å². The summed E-state index contributed by atoms with van der Waals surface area (Å²) in [6, 6.07) is 8.31. The van der Waals surface area contributed by atoms with E-state index in [4.69, 9.17) is 14.2 Å². The zero-order valence-corrected chi connectivity index (χ0v) is 23.4. The van der Waals surface area contributed by atoms with E-state index in [0.717, 1.165) is 80.1 Å². The number of amides is 1. The van der Waals surface area contributed by atoms with Crippen molar-refractivity contribution in [3.05, 3.63) is 41.1 Å². The molecule has 0 spiro atoms. The molecule has 1 aromatic carbocycles. The van der Waals surface area contributed by atoms with Gasteiger partial charge in [0.15, 0.2) is 12.1 Å². The third-order valence-corrected chi connectivity index (χ3v) is 8.00. The smallest absolute Gasteiger partial charge is 0.410 e. The molecular weight excluding hydrogens is 480 g/mol. The lowest BCUT2D eigenvalue weighted by atomic mass is 9.85. The lowest BCUT2D eigenvalue weighted by Gasteiger charge is -2.32. The fourth-order valence-corrected chi connectivity index (χ4v) is 6.19. The molecule has 206 valence electrons. The molecule has 2 fully saturated rings. The Morgan fingerprint density at radius 1 is 1.11 bits per heavy atom. The second kappa shape index (κ2) is 11.2.